The summed E-state index contributed by atoms with van der Waals surface area (Å²) in [4.78, 5) is 24.2. The highest BCUT2D eigenvalue weighted by Gasteiger charge is 2.32. The zero-order valence-electron chi connectivity index (χ0n) is 10.6. The van der Waals surface area contributed by atoms with E-state index in [-0.39, 0.29) is 24.7 Å². The Balaban J connectivity index is 2.07. The molecule has 19 heavy (non-hydrogen) atoms. The third kappa shape index (κ3) is 3.28. The molecule has 0 aliphatic carbocycles. The molecule has 1 unspecified atom stereocenters. The van der Waals surface area contributed by atoms with Crippen LogP contribution >= 0.6 is 0 Å². The lowest BCUT2D eigenvalue weighted by atomic mass is 9.95. The van der Waals surface area contributed by atoms with Crippen molar-refractivity contribution < 1.29 is 19.8 Å². The van der Waals surface area contributed by atoms with E-state index in [0.29, 0.717) is 13.0 Å². The van der Waals surface area contributed by atoms with Gasteiger partial charge in [0.15, 0.2) is 5.69 Å². The monoisotopic (exact) mass is 268 g/mol. The Labute approximate surface area is 109 Å². The molecule has 2 heterocycles. The summed E-state index contributed by atoms with van der Waals surface area (Å²) in [7, 11) is 0. The van der Waals surface area contributed by atoms with E-state index in [4.69, 9.17) is 5.11 Å². The van der Waals surface area contributed by atoms with Crippen molar-refractivity contribution in [1.29, 1.82) is 0 Å². The molecule has 1 aliphatic rings. The van der Waals surface area contributed by atoms with Crippen LogP contribution in [0.15, 0.2) is 6.20 Å². The molecule has 1 amide bonds. The van der Waals surface area contributed by atoms with Gasteiger partial charge in [-0.05, 0) is 19.8 Å². The number of aliphatic hydroxyl groups is 1. The number of carboxylic acid groups (broad SMARTS) is 1. The lowest BCUT2D eigenvalue weighted by Gasteiger charge is -2.36. The van der Waals surface area contributed by atoms with Gasteiger partial charge >= 0.3 is 5.97 Å². The largest absolute Gasteiger partial charge is 0.480 e. The first kappa shape index (κ1) is 13.5. The Bertz CT molecular complexity index is 497. The number of hydrogen-bond acceptors (Lipinski definition) is 5. The second kappa shape index (κ2) is 4.96. The summed E-state index contributed by atoms with van der Waals surface area (Å²) in [6.45, 7) is 2.16. The minimum Gasteiger partial charge on any atom is -0.480 e. The van der Waals surface area contributed by atoms with Crippen LogP contribution in [-0.4, -0.2) is 60.7 Å². The maximum Gasteiger partial charge on any atom is 0.325 e. The lowest BCUT2D eigenvalue weighted by Crippen LogP contribution is -2.48. The molecule has 0 bridgehead atoms. The summed E-state index contributed by atoms with van der Waals surface area (Å²) in [6.07, 6.45) is 2.68. The smallest absolute Gasteiger partial charge is 0.325 e. The van der Waals surface area contributed by atoms with E-state index in [1.165, 1.54) is 11.1 Å². The molecule has 2 N–H and O–H groups in total. The molecule has 104 valence electrons. The summed E-state index contributed by atoms with van der Waals surface area (Å²) in [6, 6.07) is 0. The fourth-order valence-corrected chi connectivity index (χ4v) is 2.17. The molecular formula is C11H16N4O4. The predicted octanol–water partition coefficient (Wildman–Crippen LogP) is -0.650. The minimum atomic E-state index is -1.05. The number of aliphatic carboxylic acids is 1. The molecule has 1 saturated heterocycles. The maximum absolute atomic E-state index is 12.1. The van der Waals surface area contributed by atoms with Crippen LogP contribution in [0.4, 0.5) is 0 Å². The molecule has 1 atom stereocenters. The summed E-state index contributed by atoms with van der Waals surface area (Å²) < 4.78 is 1.09. The van der Waals surface area contributed by atoms with Gasteiger partial charge in [-0.2, -0.15) is 0 Å². The van der Waals surface area contributed by atoms with Gasteiger partial charge in [0, 0.05) is 13.1 Å². The van der Waals surface area contributed by atoms with Gasteiger partial charge in [-0.3, -0.25) is 9.59 Å². The maximum atomic E-state index is 12.1. The van der Waals surface area contributed by atoms with E-state index in [2.05, 4.69) is 10.3 Å². The van der Waals surface area contributed by atoms with Gasteiger partial charge in [-0.1, -0.05) is 5.21 Å². The molecule has 0 saturated carbocycles. The molecule has 8 heteroatoms. The third-order valence-corrected chi connectivity index (χ3v) is 3.02. The van der Waals surface area contributed by atoms with Crippen LogP contribution < -0.4 is 0 Å². The van der Waals surface area contributed by atoms with Crippen LogP contribution in [0.5, 0.6) is 0 Å². The van der Waals surface area contributed by atoms with Crippen molar-refractivity contribution in [2.45, 2.75) is 31.9 Å². The normalized spacial score (nSPS) is 23.4. The van der Waals surface area contributed by atoms with E-state index < -0.39 is 11.6 Å². The molecule has 8 nitrogen and oxygen atoms in total. The second-order valence-corrected chi connectivity index (χ2v) is 5.02. The van der Waals surface area contributed by atoms with Crippen LogP contribution in [0.3, 0.4) is 0 Å². The molecule has 1 fully saturated rings. The van der Waals surface area contributed by atoms with E-state index in [1.54, 1.807) is 6.92 Å². The van der Waals surface area contributed by atoms with Gasteiger partial charge in [0.1, 0.15) is 6.54 Å². The van der Waals surface area contributed by atoms with Crippen molar-refractivity contribution in [3.63, 3.8) is 0 Å². The van der Waals surface area contributed by atoms with Crippen molar-refractivity contribution in [2.24, 2.45) is 0 Å². The van der Waals surface area contributed by atoms with Gasteiger partial charge < -0.3 is 15.1 Å². The number of rotatable bonds is 3. The average molecular weight is 268 g/mol. The number of piperidine rings is 1. The second-order valence-electron chi connectivity index (χ2n) is 5.02. The van der Waals surface area contributed by atoms with Crippen LogP contribution in [0.25, 0.3) is 0 Å². The van der Waals surface area contributed by atoms with Gasteiger partial charge in [-0.25, -0.2) is 4.68 Å². The van der Waals surface area contributed by atoms with Gasteiger partial charge in [0.25, 0.3) is 5.91 Å². The van der Waals surface area contributed by atoms with Crippen LogP contribution in [-0.2, 0) is 11.3 Å². The number of aromatic nitrogens is 3. The molecule has 1 aromatic heterocycles. The van der Waals surface area contributed by atoms with Crippen molar-refractivity contribution in [3.05, 3.63) is 11.9 Å². The standard InChI is InChI=1S/C11H16N4O4/c1-11(19)3-2-4-14(7-11)10(18)8-5-15(13-12-8)6-9(16)17/h5,19H,2-4,6-7H2,1H3,(H,16,17). The molecule has 1 aliphatic heterocycles. The van der Waals surface area contributed by atoms with E-state index >= 15 is 0 Å². The van der Waals surface area contributed by atoms with E-state index in [0.717, 1.165) is 11.1 Å². The zero-order chi connectivity index (χ0) is 14.0. The molecule has 0 aromatic carbocycles. The molecular weight excluding hydrogens is 252 g/mol. The number of likely N-dealkylation sites (tertiary alicyclic amines) is 1. The number of hydrogen-bond donors (Lipinski definition) is 2. The highest BCUT2D eigenvalue weighted by atomic mass is 16.4. The average Bonchev–Trinajstić information content (AvgIpc) is 2.74. The van der Waals surface area contributed by atoms with Crippen LogP contribution in [0.1, 0.15) is 30.3 Å². The first-order valence-electron chi connectivity index (χ1n) is 6.01. The van der Waals surface area contributed by atoms with E-state index in [9.17, 15) is 14.7 Å². The Morgan fingerprint density at radius 3 is 2.89 bits per heavy atom. The summed E-state index contributed by atoms with van der Waals surface area (Å²) in [5, 5.41) is 25.8. The number of carboxylic acids is 1. The lowest BCUT2D eigenvalue weighted by molar-refractivity contribution is -0.137. The predicted molar refractivity (Wildman–Crippen MR) is 63.4 cm³/mol. The summed E-state index contributed by atoms with van der Waals surface area (Å²) in [5.74, 6) is -1.39. The highest BCUT2D eigenvalue weighted by Crippen LogP contribution is 2.21. The number of nitrogens with zero attached hydrogens (tertiary/aromatic N) is 4. The molecule has 2 rings (SSSR count). The van der Waals surface area contributed by atoms with Crippen molar-refractivity contribution in [2.75, 3.05) is 13.1 Å². The number of carbonyl (C=O) groups excluding carboxylic acids is 1. The highest BCUT2D eigenvalue weighted by molar-refractivity contribution is 5.92. The zero-order valence-corrected chi connectivity index (χ0v) is 10.6. The third-order valence-electron chi connectivity index (χ3n) is 3.02. The van der Waals surface area contributed by atoms with E-state index in [1.807, 2.05) is 0 Å². The Morgan fingerprint density at radius 2 is 2.26 bits per heavy atom. The Hall–Kier alpha value is -1.96. The Morgan fingerprint density at radius 1 is 1.53 bits per heavy atom. The van der Waals surface area contributed by atoms with Gasteiger partial charge in [-0.15, -0.1) is 5.10 Å². The van der Waals surface area contributed by atoms with Crippen LogP contribution in [0, 0.1) is 0 Å². The first-order chi connectivity index (χ1) is 8.87. The summed E-state index contributed by atoms with van der Waals surface area (Å²) in [5.41, 5.74) is -0.788. The fourth-order valence-electron chi connectivity index (χ4n) is 2.17. The number of amides is 1. The van der Waals surface area contributed by atoms with Crippen molar-refractivity contribution >= 4 is 11.9 Å². The molecule has 0 spiro atoms. The molecule has 0 radical (unpaired) electrons. The van der Waals surface area contributed by atoms with Gasteiger partial charge in [0.05, 0.1) is 11.8 Å². The number of carbonyl (C=O) groups is 2. The quantitative estimate of drug-likeness (QED) is 0.754. The van der Waals surface area contributed by atoms with Crippen LogP contribution in [0.2, 0.25) is 0 Å². The molecule has 1 aromatic rings. The first-order valence-corrected chi connectivity index (χ1v) is 6.01. The van der Waals surface area contributed by atoms with Crippen molar-refractivity contribution in [1.82, 2.24) is 19.9 Å². The fraction of sp³-hybridized carbons (Fsp3) is 0.636. The number of β-amino-alcohol motifs (C(OH)–C–C–N with tert-alkyl or cyclic N) is 1. The van der Waals surface area contributed by atoms with Crippen molar-refractivity contribution in [3.8, 4) is 0 Å². The SMILES string of the molecule is CC1(O)CCCN(C(=O)c2cn(CC(=O)O)nn2)C1. The minimum absolute atomic E-state index is 0.0963. The Kier molecular flexibility index (Phi) is 3.52. The summed E-state index contributed by atoms with van der Waals surface area (Å²) >= 11 is 0. The van der Waals surface area contributed by atoms with Gasteiger partial charge in [0.2, 0.25) is 0 Å². The topological polar surface area (TPSA) is 109 Å².